The summed E-state index contributed by atoms with van der Waals surface area (Å²) in [7, 11) is 0. The molecule has 0 saturated carbocycles. The number of allylic oxidation sites excluding steroid dienone is 6. The lowest BCUT2D eigenvalue weighted by molar-refractivity contribution is 0.944. The van der Waals surface area contributed by atoms with E-state index in [9.17, 15) is 0 Å². The zero-order valence-corrected chi connectivity index (χ0v) is 10.1. The summed E-state index contributed by atoms with van der Waals surface area (Å²) in [5.41, 5.74) is 4.42. The van der Waals surface area contributed by atoms with Gasteiger partial charge in [0.05, 0.1) is 0 Å². The van der Waals surface area contributed by atoms with Crippen LogP contribution in [-0.2, 0) is 6.42 Å². The van der Waals surface area contributed by atoms with Crippen molar-refractivity contribution >= 4 is 10.8 Å². The Morgan fingerprint density at radius 1 is 0.944 bits per heavy atom. The fraction of sp³-hybridized carbons (Fsp3) is 0.111. The molecule has 0 amide bonds. The van der Waals surface area contributed by atoms with Crippen LogP contribution in [-0.4, -0.2) is 0 Å². The van der Waals surface area contributed by atoms with E-state index < -0.39 is 0 Å². The molecule has 0 heterocycles. The Balaban J connectivity index is 2.00. The third-order valence-corrected chi connectivity index (χ3v) is 4.02. The molecule has 0 N–H and O–H groups in total. The number of hydrogen-bond acceptors (Lipinski definition) is 0. The van der Waals surface area contributed by atoms with Crippen LogP contribution in [0.3, 0.4) is 0 Å². The third-order valence-electron chi connectivity index (χ3n) is 4.02. The van der Waals surface area contributed by atoms with E-state index in [1.54, 1.807) is 0 Å². The predicted octanol–water partition coefficient (Wildman–Crippen LogP) is 4.53. The zero-order valence-electron chi connectivity index (χ0n) is 10.1. The summed E-state index contributed by atoms with van der Waals surface area (Å²) >= 11 is 0. The second kappa shape index (κ2) is 3.71. The molecule has 2 aromatic carbocycles. The number of fused-ring (bicyclic) bond motifs is 5. The molecule has 1 unspecified atom stereocenters. The van der Waals surface area contributed by atoms with Crippen LogP contribution in [0.1, 0.15) is 17.0 Å². The maximum Gasteiger partial charge on any atom is 0.0272 e. The van der Waals surface area contributed by atoms with Crippen LogP contribution in [0.5, 0.6) is 0 Å². The smallest absolute Gasteiger partial charge is 0.0272 e. The van der Waals surface area contributed by atoms with E-state index >= 15 is 0 Å². The molecule has 2 aliphatic rings. The van der Waals surface area contributed by atoms with Crippen LogP contribution in [0, 0.1) is 0 Å². The van der Waals surface area contributed by atoms with Gasteiger partial charge in [0.25, 0.3) is 0 Å². The third kappa shape index (κ3) is 1.32. The van der Waals surface area contributed by atoms with Crippen LogP contribution >= 0.6 is 0 Å². The molecule has 18 heavy (non-hydrogen) atoms. The number of hydrogen-bond donors (Lipinski definition) is 0. The molecule has 0 nitrogen and oxygen atoms in total. The van der Waals surface area contributed by atoms with Gasteiger partial charge in [0.2, 0.25) is 0 Å². The topological polar surface area (TPSA) is 0 Å². The molecule has 4 rings (SSSR count). The summed E-state index contributed by atoms with van der Waals surface area (Å²) in [4.78, 5) is 0. The van der Waals surface area contributed by atoms with Crippen LogP contribution in [0.4, 0.5) is 0 Å². The first-order valence-corrected chi connectivity index (χ1v) is 6.49. The highest BCUT2D eigenvalue weighted by molar-refractivity contribution is 5.88. The fourth-order valence-electron chi connectivity index (χ4n) is 3.13. The van der Waals surface area contributed by atoms with Gasteiger partial charge in [-0.15, -0.1) is 0 Å². The quantitative estimate of drug-likeness (QED) is 0.623. The minimum Gasteiger partial charge on any atom is -0.0759 e. The maximum absolute atomic E-state index is 2.37. The molecule has 1 atom stereocenters. The first-order valence-electron chi connectivity index (χ1n) is 6.49. The molecule has 2 aliphatic carbocycles. The Bertz CT molecular complexity index is 714. The van der Waals surface area contributed by atoms with Crippen molar-refractivity contribution in [3.05, 3.63) is 83.5 Å². The van der Waals surface area contributed by atoms with Crippen molar-refractivity contribution in [2.45, 2.75) is 12.3 Å². The van der Waals surface area contributed by atoms with Gasteiger partial charge >= 0.3 is 0 Å². The molecule has 0 bridgehead atoms. The van der Waals surface area contributed by atoms with Crippen molar-refractivity contribution in [2.75, 3.05) is 0 Å². The first kappa shape index (κ1) is 9.90. The molecule has 0 aliphatic heterocycles. The van der Waals surface area contributed by atoms with Gasteiger partial charge in [0.1, 0.15) is 0 Å². The van der Waals surface area contributed by atoms with Crippen LogP contribution in [0.2, 0.25) is 0 Å². The molecule has 0 saturated heterocycles. The second-order valence-electron chi connectivity index (χ2n) is 4.98. The SMILES string of the molecule is C1=CC2=CCc3c(ccc4ccccc34)C2C=C1. The van der Waals surface area contributed by atoms with Gasteiger partial charge in [-0.25, -0.2) is 0 Å². The molecule has 2 aromatic rings. The molecule has 0 spiro atoms. The average Bonchev–Trinajstić information content (AvgIpc) is 2.46. The fourth-order valence-corrected chi connectivity index (χ4v) is 3.13. The van der Waals surface area contributed by atoms with Crippen molar-refractivity contribution in [3.63, 3.8) is 0 Å². The first-order chi connectivity index (χ1) is 8.93. The Morgan fingerprint density at radius 3 is 2.89 bits per heavy atom. The lowest BCUT2D eigenvalue weighted by atomic mass is 9.78. The molecule has 86 valence electrons. The van der Waals surface area contributed by atoms with E-state index in [2.05, 4.69) is 66.8 Å². The van der Waals surface area contributed by atoms with Crippen molar-refractivity contribution in [2.24, 2.45) is 0 Å². The minimum absolute atomic E-state index is 0.461. The summed E-state index contributed by atoms with van der Waals surface area (Å²) in [5, 5.41) is 2.76. The molecule has 0 heteroatoms. The monoisotopic (exact) mass is 230 g/mol. The molecular weight excluding hydrogens is 216 g/mol. The van der Waals surface area contributed by atoms with Gasteiger partial charge < -0.3 is 0 Å². The highest BCUT2D eigenvalue weighted by Crippen LogP contribution is 2.38. The van der Waals surface area contributed by atoms with E-state index in [0.29, 0.717) is 5.92 Å². The van der Waals surface area contributed by atoms with Crippen LogP contribution < -0.4 is 0 Å². The van der Waals surface area contributed by atoms with Gasteiger partial charge in [0.15, 0.2) is 0 Å². The van der Waals surface area contributed by atoms with Gasteiger partial charge in [-0.05, 0) is 33.9 Å². The average molecular weight is 230 g/mol. The van der Waals surface area contributed by atoms with Gasteiger partial charge in [-0.1, -0.05) is 66.8 Å². The highest BCUT2D eigenvalue weighted by Gasteiger charge is 2.21. The Labute approximate surface area is 107 Å². The van der Waals surface area contributed by atoms with E-state index in [4.69, 9.17) is 0 Å². The van der Waals surface area contributed by atoms with E-state index in [0.717, 1.165) is 6.42 Å². The highest BCUT2D eigenvalue weighted by atomic mass is 14.3. The van der Waals surface area contributed by atoms with Gasteiger partial charge in [-0.2, -0.15) is 0 Å². The minimum atomic E-state index is 0.461. The summed E-state index contributed by atoms with van der Waals surface area (Å²) in [5.74, 6) is 0.461. The molecule has 0 radical (unpaired) electrons. The van der Waals surface area contributed by atoms with Crippen LogP contribution in [0.25, 0.3) is 10.8 Å². The summed E-state index contributed by atoms with van der Waals surface area (Å²) in [6, 6.07) is 13.3. The molecule has 0 fully saturated rings. The van der Waals surface area contributed by atoms with E-state index in [-0.39, 0.29) is 0 Å². The van der Waals surface area contributed by atoms with Crippen molar-refractivity contribution in [3.8, 4) is 0 Å². The normalized spacial score (nSPS) is 20.4. The van der Waals surface area contributed by atoms with Gasteiger partial charge in [-0.3, -0.25) is 0 Å². The zero-order chi connectivity index (χ0) is 11.9. The summed E-state index contributed by atoms with van der Waals surface area (Å²) < 4.78 is 0. The Kier molecular flexibility index (Phi) is 2.04. The largest absolute Gasteiger partial charge is 0.0759 e. The second-order valence-corrected chi connectivity index (χ2v) is 4.98. The predicted molar refractivity (Wildman–Crippen MR) is 76.8 cm³/mol. The molecule has 0 aromatic heterocycles. The summed E-state index contributed by atoms with van der Waals surface area (Å²) in [6.45, 7) is 0. The molecular formula is C18H14. The number of benzene rings is 2. The standard InChI is InChI=1S/C18H14/c1-3-7-15-13(5-1)9-11-18-16-8-4-2-6-14(16)10-12-17(15)18/h1-11,16H,12H2. The van der Waals surface area contributed by atoms with Crippen molar-refractivity contribution < 1.29 is 0 Å². The number of rotatable bonds is 0. The Morgan fingerprint density at radius 2 is 1.89 bits per heavy atom. The summed E-state index contributed by atoms with van der Waals surface area (Å²) in [6.07, 6.45) is 12.3. The van der Waals surface area contributed by atoms with Gasteiger partial charge in [0, 0.05) is 5.92 Å². The van der Waals surface area contributed by atoms with Crippen LogP contribution in [0.15, 0.2) is 72.4 Å². The van der Waals surface area contributed by atoms with E-state index in [1.807, 2.05) is 0 Å². The lowest BCUT2D eigenvalue weighted by Crippen LogP contribution is -2.09. The van der Waals surface area contributed by atoms with Crippen molar-refractivity contribution in [1.82, 2.24) is 0 Å². The van der Waals surface area contributed by atoms with E-state index in [1.165, 1.54) is 27.5 Å². The Hall–Kier alpha value is -2.08. The maximum atomic E-state index is 2.37. The lowest BCUT2D eigenvalue weighted by Gasteiger charge is -2.26. The van der Waals surface area contributed by atoms with Crippen molar-refractivity contribution in [1.29, 1.82) is 0 Å².